The Kier molecular flexibility index (Phi) is 7.34. The number of hydrogen-bond acceptors (Lipinski definition) is 3. The number of guanidine groups is 1. The van der Waals surface area contributed by atoms with Crippen LogP contribution < -0.4 is 5.32 Å². The first-order valence-corrected chi connectivity index (χ1v) is 9.34. The van der Waals surface area contributed by atoms with Crippen molar-refractivity contribution in [2.24, 2.45) is 10.9 Å². The van der Waals surface area contributed by atoms with E-state index in [1.807, 2.05) is 4.90 Å². The molecule has 1 saturated heterocycles. The Balaban J connectivity index is 0.00000208. The normalized spacial score (nSPS) is 18.8. The molecule has 1 aromatic heterocycles. The fourth-order valence-corrected chi connectivity index (χ4v) is 4.17. The number of piperidine rings is 1. The second-order valence-corrected chi connectivity index (χ2v) is 7.51. The van der Waals surface area contributed by atoms with Crippen LogP contribution in [0.1, 0.15) is 30.2 Å². The molecule has 2 aliphatic rings. The van der Waals surface area contributed by atoms with Crippen molar-refractivity contribution < 1.29 is 4.79 Å². The summed E-state index contributed by atoms with van der Waals surface area (Å²) in [7, 11) is 1.80. The molecule has 0 unspecified atom stereocenters. The molecule has 0 radical (unpaired) electrons. The van der Waals surface area contributed by atoms with Gasteiger partial charge < -0.3 is 15.1 Å². The maximum Gasteiger partial charge on any atom is 0.242 e. The van der Waals surface area contributed by atoms with Gasteiger partial charge in [0.05, 0.1) is 6.54 Å². The number of nitrogens with zero attached hydrogens (tertiary/aromatic N) is 3. The van der Waals surface area contributed by atoms with E-state index in [4.69, 9.17) is 0 Å². The quantitative estimate of drug-likeness (QED) is 0.418. The lowest BCUT2D eigenvalue weighted by Crippen LogP contribution is -2.49. The molecule has 0 aliphatic carbocycles. The minimum Gasteiger partial charge on any atom is -0.347 e. The van der Waals surface area contributed by atoms with Crippen LogP contribution in [0.3, 0.4) is 0 Å². The van der Waals surface area contributed by atoms with Gasteiger partial charge in [0.15, 0.2) is 5.96 Å². The number of carbonyl (C=O) groups is 1. The number of thiophene rings is 1. The van der Waals surface area contributed by atoms with Gasteiger partial charge in [-0.25, -0.2) is 0 Å². The molecule has 1 aromatic rings. The molecule has 0 atom stereocenters. The summed E-state index contributed by atoms with van der Waals surface area (Å²) in [6.07, 6.45) is 3.38. The Bertz CT molecular complexity index is 581. The van der Waals surface area contributed by atoms with Gasteiger partial charge >= 0.3 is 0 Å². The monoisotopic (exact) mass is 462 g/mol. The van der Waals surface area contributed by atoms with Crippen LogP contribution in [-0.4, -0.2) is 54.9 Å². The van der Waals surface area contributed by atoms with Crippen molar-refractivity contribution in [2.75, 3.05) is 33.2 Å². The van der Waals surface area contributed by atoms with Gasteiger partial charge in [-0.05, 0) is 42.2 Å². The molecular formula is C17H27IN4OS. The summed E-state index contributed by atoms with van der Waals surface area (Å²) < 4.78 is 0. The summed E-state index contributed by atoms with van der Waals surface area (Å²) in [4.78, 5) is 22.5. The molecular weight excluding hydrogens is 435 g/mol. The molecule has 5 nitrogen and oxygen atoms in total. The third-order valence-corrected chi connectivity index (χ3v) is 5.88. The number of carbonyl (C=O) groups excluding carboxylic acids is 1. The molecule has 134 valence electrons. The number of likely N-dealkylation sites (tertiary alicyclic amines) is 1. The van der Waals surface area contributed by atoms with Crippen molar-refractivity contribution in [2.45, 2.75) is 32.7 Å². The van der Waals surface area contributed by atoms with Crippen molar-refractivity contribution in [3.63, 3.8) is 0 Å². The van der Waals surface area contributed by atoms with Crippen LogP contribution >= 0.6 is 35.3 Å². The van der Waals surface area contributed by atoms with E-state index in [0.717, 1.165) is 44.5 Å². The van der Waals surface area contributed by atoms with Crippen molar-refractivity contribution in [3.8, 4) is 0 Å². The molecule has 3 rings (SSSR count). The predicted molar refractivity (Wildman–Crippen MR) is 110 cm³/mol. The number of amides is 1. The summed E-state index contributed by atoms with van der Waals surface area (Å²) in [5.74, 6) is 1.81. The first-order valence-electron chi connectivity index (χ1n) is 8.46. The van der Waals surface area contributed by atoms with E-state index in [2.05, 4.69) is 33.6 Å². The molecule has 24 heavy (non-hydrogen) atoms. The zero-order valence-electron chi connectivity index (χ0n) is 14.5. The highest BCUT2D eigenvalue weighted by atomic mass is 127. The molecule has 0 saturated carbocycles. The first-order chi connectivity index (χ1) is 11.2. The highest BCUT2D eigenvalue weighted by Crippen LogP contribution is 2.23. The Morgan fingerprint density at radius 3 is 2.79 bits per heavy atom. The van der Waals surface area contributed by atoms with E-state index >= 15 is 0 Å². The van der Waals surface area contributed by atoms with Gasteiger partial charge in [0.25, 0.3) is 0 Å². The highest BCUT2D eigenvalue weighted by molar-refractivity contribution is 14.0. The van der Waals surface area contributed by atoms with E-state index in [9.17, 15) is 4.79 Å². The number of nitrogens with one attached hydrogen (secondary N) is 1. The standard InChI is InChI=1S/C17H26N4OS.HI/c1-13-3-7-20(8-4-13)17(18-2)19-11-16(22)21-9-5-15-14(12-21)6-10-23-15;/h6,10,13H,3-5,7-9,11-12H2,1-2H3,(H,18,19);1H. The summed E-state index contributed by atoms with van der Waals surface area (Å²) in [6, 6.07) is 2.14. The fraction of sp³-hybridized carbons (Fsp3) is 0.647. The van der Waals surface area contributed by atoms with Gasteiger partial charge in [-0.1, -0.05) is 6.92 Å². The van der Waals surface area contributed by atoms with Gasteiger partial charge in [0.1, 0.15) is 0 Å². The molecule has 1 amide bonds. The van der Waals surface area contributed by atoms with Crippen molar-refractivity contribution >= 4 is 47.2 Å². The van der Waals surface area contributed by atoms with Crippen LogP contribution in [0.4, 0.5) is 0 Å². The summed E-state index contributed by atoms with van der Waals surface area (Å²) in [5, 5.41) is 5.38. The van der Waals surface area contributed by atoms with Crippen molar-refractivity contribution in [1.29, 1.82) is 0 Å². The van der Waals surface area contributed by atoms with Crippen LogP contribution in [0.25, 0.3) is 0 Å². The second kappa shape index (κ2) is 9.03. The largest absolute Gasteiger partial charge is 0.347 e. The van der Waals surface area contributed by atoms with Crippen LogP contribution in [0, 0.1) is 5.92 Å². The fourth-order valence-electron chi connectivity index (χ4n) is 3.28. The van der Waals surface area contributed by atoms with Crippen LogP contribution in [0.15, 0.2) is 16.4 Å². The molecule has 0 spiro atoms. The molecule has 1 N–H and O–H groups in total. The van der Waals surface area contributed by atoms with E-state index in [1.165, 1.54) is 23.3 Å². The lowest BCUT2D eigenvalue weighted by Gasteiger charge is -2.33. The van der Waals surface area contributed by atoms with Gasteiger partial charge in [0.2, 0.25) is 5.91 Å². The van der Waals surface area contributed by atoms with E-state index in [-0.39, 0.29) is 29.9 Å². The van der Waals surface area contributed by atoms with Crippen LogP contribution in [0.5, 0.6) is 0 Å². The SMILES string of the molecule is CN=C(NCC(=O)N1CCc2sccc2C1)N1CCC(C)CC1.I. The minimum atomic E-state index is 0. The summed E-state index contributed by atoms with van der Waals surface area (Å²) in [6.45, 7) is 6.26. The number of aliphatic imine (C=N–C) groups is 1. The van der Waals surface area contributed by atoms with Gasteiger partial charge in [-0.3, -0.25) is 9.79 Å². The van der Waals surface area contributed by atoms with Gasteiger partial charge in [0, 0.05) is 38.1 Å². The summed E-state index contributed by atoms with van der Waals surface area (Å²) >= 11 is 1.80. The Morgan fingerprint density at radius 1 is 1.33 bits per heavy atom. The lowest BCUT2D eigenvalue weighted by molar-refractivity contribution is -0.130. The number of halogens is 1. The van der Waals surface area contributed by atoms with E-state index < -0.39 is 0 Å². The maximum absolute atomic E-state index is 12.5. The lowest BCUT2D eigenvalue weighted by atomic mass is 10.00. The summed E-state index contributed by atoms with van der Waals surface area (Å²) in [5.41, 5.74) is 1.31. The van der Waals surface area contributed by atoms with Gasteiger partial charge in [-0.2, -0.15) is 0 Å². The van der Waals surface area contributed by atoms with Crippen LogP contribution in [0.2, 0.25) is 0 Å². The van der Waals surface area contributed by atoms with Gasteiger partial charge in [-0.15, -0.1) is 35.3 Å². The Labute approximate surface area is 165 Å². The Hall–Kier alpha value is -0.830. The molecule has 2 aliphatic heterocycles. The number of fused-ring (bicyclic) bond motifs is 1. The minimum absolute atomic E-state index is 0. The molecule has 3 heterocycles. The maximum atomic E-state index is 12.5. The zero-order valence-corrected chi connectivity index (χ0v) is 17.6. The molecule has 0 bridgehead atoms. The highest BCUT2D eigenvalue weighted by Gasteiger charge is 2.23. The van der Waals surface area contributed by atoms with E-state index in [1.54, 1.807) is 18.4 Å². The van der Waals surface area contributed by atoms with Crippen molar-refractivity contribution in [3.05, 3.63) is 21.9 Å². The third kappa shape index (κ3) is 4.62. The number of hydrogen-bond donors (Lipinski definition) is 1. The first kappa shape index (κ1) is 19.5. The van der Waals surface area contributed by atoms with E-state index in [0.29, 0.717) is 6.54 Å². The smallest absolute Gasteiger partial charge is 0.242 e. The molecule has 1 fully saturated rings. The second-order valence-electron chi connectivity index (χ2n) is 6.50. The predicted octanol–water partition coefficient (Wildman–Crippen LogP) is 2.56. The number of rotatable bonds is 2. The molecule has 7 heteroatoms. The average molecular weight is 462 g/mol. The topological polar surface area (TPSA) is 47.9 Å². The Morgan fingerprint density at radius 2 is 2.08 bits per heavy atom. The third-order valence-electron chi connectivity index (χ3n) is 4.85. The molecule has 0 aromatic carbocycles. The zero-order chi connectivity index (χ0) is 16.2. The van der Waals surface area contributed by atoms with Crippen molar-refractivity contribution in [1.82, 2.24) is 15.1 Å². The van der Waals surface area contributed by atoms with Crippen LogP contribution in [-0.2, 0) is 17.8 Å². The average Bonchev–Trinajstić information content (AvgIpc) is 3.04.